The Hall–Kier alpha value is -2.90. The summed E-state index contributed by atoms with van der Waals surface area (Å²) in [6.07, 6.45) is 4.67. The molecule has 2 aromatic carbocycles. The van der Waals surface area contributed by atoms with E-state index in [0.717, 1.165) is 31.4 Å². The van der Waals surface area contributed by atoms with Crippen LogP contribution < -0.4 is 15.4 Å². The van der Waals surface area contributed by atoms with Crippen LogP contribution in [0.4, 0.5) is 0 Å². The lowest BCUT2D eigenvalue weighted by atomic mass is 10.0. The molecule has 1 aliphatic carbocycles. The topological polar surface area (TPSA) is 87.3 Å². The van der Waals surface area contributed by atoms with Gasteiger partial charge in [0.05, 0.1) is 16.4 Å². The highest BCUT2D eigenvalue weighted by Crippen LogP contribution is 2.49. The molecule has 33 heavy (non-hydrogen) atoms. The molecule has 2 aromatic rings. The highest BCUT2D eigenvalue weighted by Gasteiger charge is 2.57. The Labute approximate surface area is 196 Å². The second kappa shape index (κ2) is 9.53. The van der Waals surface area contributed by atoms with Crippen molar-refractivity contribution in [1.82, 2.24) is 15.4 Å². The first-order valence-electron chi connectivity index (χ1n) is 11.3. The summed E-state index contributed by atoms with van der Waals surface area (Å²) in [5.74, 6) is -0.241. The van der Waals surface area contributed by atoms with E-state index in [-0.39, 0.29) is 28.3 Å². The van der Waals surface area contributed by atoms with Gasteiger partial charge in [0.15, 0.2) is 0 Å². The summed E-state index contributed by atoms with van der Waals surface area (Å²) in [6, 6.07) is 17.1. The van der Waals surface area contributed by atoms with Crippen LogP contribution in [0.25, 0.3) is 0 Å². The summed E-state index contributed by atoms with van der Waals surface area (Å²) in [6.45, 7) is 9.29. The number of nitrogens with one attached hydrogen (secondary N) is 3. The molecule has 1 amide bonds. The molecular formula is C26H31N3O3S. The highest BCUT2D eigenvalue weighted by atomic mass is 32.2. The van der Waals surface area contributed by atoms with Crippen molar-refractivity contribution in [2.24, 2.45) is 11.8 Å². The average molecular weight is 466 g/mol. The minimum absolute atomic E-state index is 0.0526. The molecule has 1 saturated heterocycles. The van der Waals surface area contributed by atoms with Crippen LogP contribution in [0.3, 0.4) is 0 Å². The zero-order valence-corrected chi connectivity index (χ0v) is 19.5. The summed E-state index contributed by atoms with van der Waals surface area (Å²) in [5.41, 5.74) is 1.61. The minimum atomic E-state index is -3.84. The maximum atomic E-state index is 13.2. The van der Waals surface area contributed by atoms with Crippen molar-refractivity contribution < 1.29 is 13.2 Å². The Bertz CT molecular complexity index is 1140. The van der Waals surface area contributed by atoms with Crippen molar-refractivity contribution in [3.05, 3.63) is 90.7 Å². The number of hydrogen-bond acceptors (Lipinski definition) is 4. The summed E-state index contributed by atoms with van der Waals surface area (Å²) in [5, 5.41) is 6.24. The lowest BCUT2D eigenvalue weighted by Gasteiger charge is -2.24. The van der Waals surface area contributed by atoms with E-state index in [9.17, 15) is 13.2 Å². The third-order valence-electron chi connectivity index (χ3n) is 6.63. The average Bonchev–Trinajstić information content (AvgIpc) is 3.25. The van der Waals surface area contributed by atoms with Crippen LogP contribution in [0.2, 0.25) is 0 Å². The van der Waals surface area contributed by atoms with Gasteiger partial charge in [-0.1, -0.05) is 55.1 Å². The van der Waals surface area contributed by atoms with E-state index in [4.69, 9.17) is 0 Å². The normalized spacial score (nSPS) is 24.1. The van der Waals surface area contributed by atoms with Gasteiger partial charge in [0, 0.05) is 18.2 Å². The van der Waals surface area contributed by atoms with E-state index < -0.39 is 15.6 Å². The Balaban J connectivity index is 1.45. The molecule has 3 atom stereocenters. The number of rotatable bonds is 10. The molecule has 0 aromatic heterocycles. The molecule has 7 heteroatoms. The Morgan fingerprint density at radius 3 is 2.52 bits per heavy atom. The van der Waals surface area contributed by atoms with E-state index in [1.165, 1.54) is 5.56 Å². The summed E-state index contributed by atoms with van der Waals surface area (Å²) in [4.78, 5) is 12.9. The quantitative estimate of drug-likeness (QED) is 0.471. The number of benzene rings is 2. The van der Waals surface area contributed by atoms with Crippen molar-refractivity contribution in [3.63, 3.8) is 0 Å². The Morgan fingerprint density at radius 2 is 1.85 bits per heavy atom. The summed E-state index contributed by atoms with van der Waals surface area (Å²) < 4.78 is 29.0. The molecule has 3 N–H and O–H groups in total. The van der Waals surface area contributed by atoms with Crippen LogP contribution >= 0.6 is 0 Å². The van der Waals surface area contributed by atoms with Gasteiger partial charge in [0.1, 0.15) is 0 Å². The summed E-state index contributed by atoms with van der Waals surface area (Å²) >= 11 is 0. The Morgan fingerprint density at radius 1 is 1.12 bits per heavy atom. The number of hydrogen-bond donors (Lipinski definition) is 3. The fourth-order valence-corrected chi connectivity index (χ4v) is 5.64. The molecule has 4 rings (SSSR count). The second-order valence-electron chi connectivity index (χ2n) is 8.91. The van der Waals surface area contributed by atoms with E-state index in [2.05, 4.69) is 40.6 Å². The standard InChI is InChI=1S/C26H31N3O3S/c1-3-23-17-26(23,28-25(30)22-14-15-27-18-22)19(2)29-33(31,32)24-11-7-10-21(16-24)13-12-20-8-5-4-6-9-20/h3-11,16,22-23,27,29H,1-2,12-15,17-18H2,(H,28,30)/t22-,23+,26-/m0/s1. The van der Waals surface area contributed by atoms with Crippen molar-refractivity contribution >= 4 is 15.9 Å². The van der Waals surface area contributed by atoms with E-state index in [0.29, 0.717) is 13.0 Å². The molecule has 0 radical (unpaired) electrons. The smallest absolute Gasteiger partial charge is 0.261 e. The zero-order chi connectivity index (χ0) is 23.5. The van der Waals surface area contributed by atoms with Crippen molar-refractivity contribution in [1.29, 1.82) is 0 Å². The molecule has 1 saturated carbocycles. The lowest BCUT2D eigenvalue weighted by molar-refractivity contribution is -0.125. The third kappa shape index (κ3) is 5.20. The predicted octanol–water partition coefficient (Wildman–Crippen LogP) is 2.93. The molecule has 0 bridgehead atoms. The van der Waals surface area contributed by atoms with Gasteiger partial charge in [-0.15, -0.1) is 6.58 Å². The highest BCUT2D eigenvalue weighted by molar-refractivity contribution is 7.89. The van der Waals surface area contributed by atoms with Crippen molar-refractivity contribution in [2.75, 3.05) is 13.1 Å². The van der Waals surface area contributed by atoms with E-state index in [1.807, 2.05) is 24.3 Å². The zero-order valence-electron chi connectivity index (χ0n) is 18.7. The fourth-order valence-electron chi connectivity index (χ4n) is 4.45. The van der Waals surface area contributed by atoms with Crippen LogP contribution in [-0.2, 0) is 27.7 Å². The van der Waals surface area contributed by atoms with Gasteiger partial charge in [-0.3, -0.25) is 9.52 Å². The molecule has 2 fully saturated rings. The minimum Gasteiger partial charge on any atom is -0.344 e. The molecule has 6 nitrogen and oxygen atoms in total. The first-order valence-corrected chi connectivity index (χ1v) is 12.8. The van der Waals surface area contributed by atoms with Crippen LogP contribution in [0.15, 0.2) is 84.4 Å². The van der Waals surface area contributed by atoms with Crippen LogP contribution in [0, 0.1) is 11.8 Å². The number of carbonyl (C=O) groups is 1. The monoisotopic (exact) mass is 465 g/mol. The van der Waals surface area contributed by atoms with Gasteiger partial charge in [-0.05, 0) is 55.5 Å². The number of aryl methyl sites for hydroxylation is 2. The van der Waals surface area contributed by atoms with Crippen molar-refractivity contribution in [3.8, 4) is 0 Å². The number of carbonyl (C=O) groups excluding carboxylic acids is 1. The first-order chi connectivity index (χ1) is 15.8. The maximum Gasteiger partial charge on any atom is 0.261 e. The molecule has 0 spiro atoms. The van der Waals surface area contributed by atoms with Crippen LogP contribution in [0.5, 0.6) is 0 Å². The molecule has 0 unspecified atom stereocenters. The lowest BCUT2D eigenvalue weighted by Crippen LogP contribution is -2.47. The molecule has 1 heterocycles. The van der Waals surface area contributed by atoms with Gasteiger partial charge in [-0.25, -0.2) is 8.42 Å². The van der Waals surface area contributed by atoms with Gasteiger partial charge in [0.2, 0.25) is 5.91 Å². The maximum absolute atomic E-state index is 13.2. The number of sulfonamides is 1. The van der Waals surface area contributed by atoms with E-state index in [1.54, 1.807) is 24.3 Å². The van der Waals surface area contributed by atoms with Crippen LogP contribution in [0.1, 0.15) is 24.0 Å². The second-order valence-corrected chi connectivity index (χ2v) is 10.6. The van der Waals surface area contributed by atoms with Gasteiger partial charge in [-0.2, -0.15) is 0 Å². The predicted molar refractivity (Wildman–Crippen MR) is 130 cm³/mol. The SMILES string of the molecule is C=C[C@@H]1C[C@]1(NC(=O)[C@H]1CCNC1)C(=C)NS(=O)(=O)c1cccc(CCc2ccccc2)c1. The molecular weight excluding hydrogens is 434 g/mol. The first kappa shape index (κ1) is 23.3. The largest absolute Gasteiger partial charge is 0.344 e. The molecule has 174 valence electrons. The van der Waals surface area contributed by atoms with E-state index >= 15 is 0 Å². The third-order valence-corrected chi connectivity index (χ3v) is 8.02. The van der Waals surface area contributed by atoms with Crippen LogP contribution in [-0.4, -0.2) is 33.0 Å². The fraction of sp³-hybridized carbons (Fsp3) is 0.346. The van der Waals surface area contributed by atoms with Gasteiger partial charge in [0.25, 0.3) is 10.0 Å². The Kier molecular flexibility index (Phi) is 6.72. The number of amides is 1. The van der Waals surface area contributed by atoms with Gasteiger partial charge >= 0.3 is 0 Å². The van der Waals surface area contributed by atoms with Crippen molar-refractivity contribution in [2.45, 2.75) is 36.1 Å². The summed E-state index contributed by atoms with van der Waals surface area (Å²) in [7, 11) is -3.84. The van der Waals surface area contributed by atoms with Gasteiger partial charge < -0.3 is 10.6 Å². The molecule has 2 aliphatic rings. The molecule has 1 aliphatic heterocycles.